The van der Waals surface area contributed by atoms with Crippen LogP contribution in [0.4, 0.5) is 11.5 Å². The van der Waals surface area contributed by atoms with Gasteiger partial charge >= 0.3 is 0 Å². The molecular formula is C24H21N3. The molecular weight excluding hydrogens is 330 g/mol. The van der Waals surface area contributed by atoms with E-state index < -0.39 is 0 Å². The maximum absolute atomic E-state index is 4.87. The standard InChI is InChI=1S/C24H21N3/c1-18-22(17-19-11-5-2-6-12-19)24(26-21-15-9-4-10-16-21)27-23(25-18)20-13-7-3-8-14-20/h2-16H,17H2,1H3,(H,25,26,27). The quantitative estimate of drug-likeness (QED) is 0.495. The second-order valence-corrected chi connectivity index (χ2v) is 6.48. The van der Waals surface area contributed by atoms with Gasteiger partial charge in [0, 0.05) is 28.9 Å². The first-order valence-electron chi connectivity index (χ1n) is 9.08. The van der Waals surface area contributed by atoms with Gasteiger partial charge in [0.15, 0.2) is 5.82 Å². The number of benzene rings is 3. The summed E-state index contributed by atoms with van der Waals surface area (Å²) in [6, 6.07) is 30.7. The molecule has 0 aliphatic heterocycles. The molecule has 1 aromatic heterocycles. The van der Waals surface area contributed by atoms with E-state index in [0.29, 0.717) is 0 Å². The number of rotatable bonds is 5. The van der Waals surface area contributed by atoms with Crippen LogP contribution in [-0.4, -0.2) is 9.97 Å². The van der Waals surface area contributed by atoms with E-state index in [1.807, 2.05) is 66.7 Å². The van der Waals surface area contributed by atoms with E-state index >= 15 is 0 Å². The molecule has 0 saturated heterocycles. The average molecular weight is 351 g/mol. The third kappa shape index (κ3) is 4.04. The average Bonchev–Trinajstić information content (AvgIpc) is 2.72. The molecule has 0 radical (unpaired) electrons. The lowest BCUT2D eigenvalue weighted by Gasteiger charge is -2.15. The summed E-state index contributed by atoms with van der Waals surface area (Å²) in [5.74, 6) is 1.60. The van der Waals surface area contributed by atoms with Gasteiger partial charge in [-0.3, -0.25) is 0 Å². The predicted molar refractivity (Wildman–Crippen MR) is 111 cm³/mol. The fraction of sp³-hybridized carbons (Fsp3) is 0.0833. The fourth-order valence-electron chi connectivity index (χ4n) is 3.09. The second-order valence-electron chi connectivity index (χ2n) is 6.48. The van der Waals surface area contributed by atoms with Crippen LogP contribution in [0, 0.1) is 6.92 Å². The van der Waals surface area contributed by atoms with Gasteiger partial charge < -0.3 is 5.32 Å². The van der Waals surface area contributed by atoms with E-state index in [4.69, 9.17) is 9.97 Å². The van der Waals surface area contributed by atoms with Crippen molar-refractivity contribution in [3.05, 3.63) is 108 Å². The maximum Gasteiger partial charge on any atom is 0.161 e. The summed E-state index contributed by atoms with van der Waals surface area (Å²) < 4.78 is 0. The number of hydrogen-bond donors (Lipinski definition) is 1. The van der Waals surface area contributed by atoms with Gasteiger partial charge in [-0.05, 0) is 24.6 Å². The minimum Gasteiger partial charge on any atom is -0.340 e. The highest BCUT2D eigenvalue weighted by Gasteiger charge is 2.14. The van der Waals surface area contributed by atoms with Crippen LogP contribution in [0.5, 0.6) is 0 Å². The van der Waals surface area contributed by atoms with Crippen molar-refractivity contribution in [2.45, 2.75) is 13.3 Å². The van der Waals surface area contributed by atoms with Crippen molar-refractivity contribution >= 4 is 11.5 Å². The Labute approximate surface area is 159 Å². The SMILES string of the molecule is Cc1nc(-c2ccccc2)nc(Nc2ccccc2)c1Cc1ccccc1. The molecule has 1 heterocycles. The van der Waals surface area contributed by atoms with Gasteiger partial charge in [0.05, 0.1) is 0 Å². The largest absolute Gasteiger partial charge is 0.340 e. The molecule has 0 aliphatic rings. The van der Waals surface area contributed by atoms with Crippen molar-refractivity contribution in [3.8, 4) is 11.4 Å². The summed E-state index contributed by atoms with van der Waals surface area (Å²) in [4.78, 5) is 9.66. The fourth-order valence-corrected chi connectivity index (χ4v) is 3.09. The van der Waals surface area contributed by atoms with Crippen LogP contribution < -0.4 is 5.32 Å². The summed E-state index contributed by atoms with van der Waals surface area (Å²) in [6.45, 7) is 2.06. The van der Waals surface area contributed by atoms with Crippen molar-refractivity contribution in [1.82, 2.24) is 9.97 Å². The predicted octanol–water partition coefficient (Wildman–Crippen LogP) is 5.79. The normalized spacial score (nSPS) is 10.6. The first kappa shape index (κ1) is 17.0. The van der Waals surface area contributed by atoms with Crippen LogP contribution in [0.1, 0.15) is 16.8 Å². The highest BCUT2D eigenvalue weighted by molar-refractivity contribution is 5.65. The monoisotopic (exact) mass is 351 g/mol. The van der Waals surface area contributed by atoms with E-state index in [-0.39, 0.29) is 0 Å². The van der Waals surface area contributed by atoms with E-state index in [2.05, 4.69) is 36.5 Å². The first-order chi connectivity index (χ1) is 13.3. The zero-order valence-electron chi connectivity index (χ0n) is 15.3. The molecule has 0 atom stereocenters. The van der Waals surface area contributed by atoms with Crippen LogP contribution in [-0.2, 0) is 6.42 Å². The Morgan fingerprint density at radius 2 is 1.30 bits per heavy atom. The molecule has 4 aromatic rings. The summed E-state index contributed by atoms with van der Waals surface area (Å²) in [5, 5.41) is 3.49. The Hall–Kier alpha value is -3.46. The number of nitrogens with one attached hydrogen (secondary N) is 1. The summed E-state index contributed by atoms with van der Waals surface area (Å²) in [6.07, 6.45) is 0.789. The molecule has 0 spiro atoms. The van der Waals surface area contributed by atoms with Crippen LogP contribution in [0.25, 0.3) is 11.4 Å². The topological polar surface area (TPSA) is 37.8 Å². The van der Waals surface area contributed by atoms with Crippen molar-refractivity contribution < 1.29 is 0 Å². The molecule has 0 amide bonds. The van der Waals surface area contributed by atoms with E-state index in [9.17, 15) is 0 Å². The Kier molecular flexibility index (Phi) is 4.93. The zero-order valence-corrected chi connectivity index (χ0v) is 15.3. The van der Waals surface area contributed by atoms with E-state index in [1.165, 1.54) is 5.56 Å². The van der Waals surface area contributed by atoms with Crippen molar-refractivity contribution in [1.29, 1.82) is 0 Å². The summed E-state index contributed by atoms with van der Waals surface area (Å²) >= 11 is 0. The van der Waals surface area contributed by atoms with Crippen LogP contribution >= 0.6 is 0 Å². The third-order valence-corrected chi connectivity index (χ3v) is 4.51. The van der Waals surface area contributed by atoms with Gasteiger partial charge in [0.2, 0.25) is 0 Å². The lowest BCUT2D eigenvalue weighted by atomic mass is 10.0. The van der Waals surface area contributed by atoms with Crippen molar-refractivity contribution in [2.75, 3.05) is 5.32 Å². The summed E-state index contributed by atoms with van der Waals surface area (Å²) in [5.41, 5.74) is 5.38. The Bertz CT molecular complexity index is 1010. The minimum absolute atomic E-state index is 0.739. The first-order valence-corrected chi connectivity index (χ1v) is 9.08. The van der Waals surface area contributed by atoms with Crippen LogP contribution in [0.2, 0.25) is 0 Å². The number of aromatic nitrogens is 2. The Balaban J connectivity index is 1.79. The molecule has 0 bridgehead atoms. The highest BCUT2D eigenvalue weighted by Crippen LogP contribution is 2.27. The third-order valence-electron chi connectivity index (χ3n) is 4.51. The number of aryl methyl sites for hydroxylation is 1. The number of anilines is 2. The Morgan fingerprint density at radius 3 is 1.96 bits per heavy atom. The Morgan fingerprint density at radius 1 is 0.704 bits per heavy atom. The van der Waals surface area contributed by atoms with Crippen LogP contribution in [0.3, 0.4) is 0 Å². The van der Waals surface area contributed by atoms with Gasteiger partial charge in [0.1, 0.15) is 5.82 Å². The zero-order chi connectivity index (χ0) is 18.5. The van der Waals surface area contributed by atoms with Gasteiger partial charge in [-0.15, -0.1) is 0 Å². The number of para-hydroxylation sites is 1. The minimum atomic E-state index is 0.739. The number of nitrogens with zero attached hydrogens (tertiary/aromatic N) is 2. The number of hydrogen-bond acceptors (Lipinski definition) is 3. The molecule has 1 N–H and O–H groups in total. The van der Waals surface area contributed by atoms with Gasteiger partial charge in [0.25, 0.3) is 0 Å². The van der Waals surface area contributed by atoms with Crippen LogP contribution in [0.15, 0.2) is 91.0 Å². The molecule has 3 aromatic carbocycles. The molecule has 3 nitrogen and oxygen atoms in total. The molecule has 0 fully saturated rings. The maximum atomic E-state index is 4.87. The van der Waals surface area contributed by atoms with Crippen molar-refractivity contribution in [2.24, 2.45) is 0 Å². The molecule has 0 saturated carbocycles. The smallest absolute Gasteiger partial charge is 0.161 e. The lowest BCUT2D eigenvalue weighted by molar-refractivity contribution is 1.03. The molecule has 3 heteroatoms. The summed E-state index contributed by atoms with van der Waals surface area (Å²) in [7, 11) is 0. The molecule has 27 heavy (non-hydrogen) atoms. The molecule has 132 valence electrons. The van der Waals surface area contributed by atoms with Crippen molar-refractivity contribution in [3.63, 3.8) is 0 Å². The van der Waals surface area contributed by atoms with Gasteiger partial charge in [-0.2, -0.15) is 0 Å². The van der Waals surface area contributed by atoms with E-state index in [0.717, 1.165) is 40.6 Å². The molecule has 4 rings (SSSR count). The van der Waals surface area contributed by atoms with Gasteiger partial charge in [-0.1, -0.05) is 78.9 Å². The molecule has 0 unspecified atom stereocenters. The van der Waals surface area contributed by atoms with E-state index in [1.54, 1.807) is 0 Å². The highest BCUT2D eigenvalue weighted by atomic mass is 15.0. The second kappa shape index (κ2) is 7.83. The lowest BCUT2D eigenvalue weighted by Crippen LogP contribution is -2.06. The van der Waals surface area contributed by atoms with Gasteiger partial charge in [-0.25, -0.2) is 9.97 Å². The molecule has 0 aliphatic carbocycles.